The molecule has 9 heteroatoms. The van der Waals surface area contributed by atoms with Crippen molar-refractivity contribution in [3.8, 4) is 39.8 Å². The molecule has 0 aliphatic carbocycles. The fourth-order valence-electron chi connectivity index (χ4n) is 4.88. The molecule has 3 heterocycles. The van der Waals surface area contributed by atoms with Crippen molar-refractivity contribution in [1.82, 2.24) is 24.4 Å². The van der Waals surface area contributed by atoms with Gasteiger partial charge in [-0.05, 0) is 79.6 Å². The highest BCUT2D eigenvalue weighted by molar-refractivity contribution is 7.15. The monoisotopic (exact) mass is 605 g/mol. The molecule has 0 saturated carbocycles. The number of fused-ring (bicyclic) bond motifs is 1. The largest absolute Gasteiger partial charge is 0.494 e. The Morgan fingerprint density at radius 1 is 0.773 bits per heavy atom. The summed E-state index contributed by atoms with van der Waals surface area (Å²) in [7, 11) is 0. The van der Waals surface area contributed by atoms with Crippen LogP contribution in [0.1, 0.15) is 51.5 Å². The fourth-order valence-corrected chi connectivity index (χ4v) is 5.77. The standard InChI is InChI=1S/C35H35N5O3S/c1-3-5-6-10-22-43-30-19-15-26(16-20-30)33-36-35-40(38-33)34(41)31(44-35)23-27-24-39(28-11-8-7-9-12-28)37-32(27)25-13-17-29(18-14-25)42-21-4-2/h7-9,11-20,23-24H,3-6,10,21-22H2,1-2H3. The van der Waals surface area contributed by atoms with E-state index in [-0.39, 0.29) is 5.56 Å². The number of unbranched alkanes of at least 4 members (excludes halogenated alkanes) is 3. The van der Waals surface area contributed by atoms with Crippen molar-refractivity contribution in [2.24, 2.45) is 0 Å². The van der Waals surface area contributed by atoms with Gasteiger partial charge < -0.3 is 9.47 Å². The number of aromatic nitrogens is 5. The lowest BCUT2D eigenvalue weighted by Gasteiger charge is -2.06. The number of nitrogens with zero attached hydrogens (tertiary/aromatic N) is 5. The van der Waals surface area contributed by atoms with Crippen LogP contribution in [0.3, 0.4) is 0 Å². The zero-order chi connectivity index (χ0) is 30.3. The summed E-state index contributed by atoms with van der Waals surface area (Å²) < 4.78 is 15.4. The Labute approximate surface area is 260 Å². The summed E-state index contributed by atoms with van der Waals surface area (Å²) in [4.78, 5) is 18.7. The van der Waals surface area contributed by atoms with Crippen LogP contribution < -0.4 is 19.6 Å². The molecule has 0 N–H and O–H groups in total. The van der Waals surface area contributed by atoms with Crippen LogP contribution in [0, 0.1) is 0 Å². The summed E-state index contributed by atoms with van der Waals surface area (Å²) in [6.45, 7) is 5.66. The molecular formula is C35H35N5O3S. The number of hydrogen-bond donors (Lipinski definition) is 0. The third-order valence-corrected chi connectivity index (χ3v) is 8.17. The third kappa shape index (κ3) is 6.58. The second kappa shape index (κ2) is 13.7. The molecule has 0 fully saturated rings. The minimum absolute atomic E-state index is 0.211. The Hall–Kier alpha value is -4.76. The molecule has 3 aromatic heterocycles. The molecule has 0 amide bonds. The highest BCUT2D eigenvalue weighted by atomic mass is 32.1. The molecule has 224 valence electrons. The summed E-state index contributed by atoms with van der Waals surface area (Å²) in [5.74, 6) is 2.15. The third-order valence-electron chi connectivity index (χ3n) is 7.21. The molecule has 44 heavy (non-hydrogen) atoms. The van der Waals surface area contributed by atoms with Crippen LogP contribution in [0.5, 0.6) is 11.5 Å². The number of thiazole rings is 1. The van der Waals surface area contributed by atoms with Crippen molar-refractivity contribution in [3.63, 3.8) is 0 Å². The van der Waals surface area contributed by atoms with Gasteiger partial charge in [0, 0.05) is 22.9 Å². The molecule has 0 unspecified atom stereocenters. The average molecular weight is 606 g/mol. The van der Waals surface area contributed by atoms with E-state index in [4.69, 9.17) is 14.6 Å². The molecule has 0 aliphatic heterocycles. The maximum absolute atomic E-state index is 13.5. The van der Waals surface area contributed by atoms with Crippen LogP contribution in [-0.2, 0) is 0 Å². The Morgan fingerprint density at radius 3 is 2.16 bits per heavy atom. The van der Waals surface area contributed by atoms with Gasteiger partial charge in [-0.2, -0.15) is 14.6 Å². The predicted octanol–water partition coefficient (Wildman–Crippen LogP) is 6.97. The van der Waals surface area contributed by atoms with E-state index in [0.29, 0.717) is 28.5 Å². The Kier molecular flexibility index (Phi) is 9.12. The summed E-state index contributed by atoms with van der Waals surface area (Å²) in [5, 5.41) is 9.45. The molecule has 3 aromatic carbocycles. The maximum atomic E-state index is 13.5. The van der Waals surface area contributed by atoms with Gasteiger partial charge in [0.05, 0.1) is 23.4 Å². The molecule has 0 bridgehead atoms. The highest BCUT2D eigenvalue weighted by Gasteiger charge is 2.15. The number of rotatable bonds is 13. The Morgan fingerprint density at radius 2 is 1.48 bits per heavy atom. The van der Waals surface area contributed by atoms with Gasteiger partial charge in [-0.3, -0.25) is 4.79 Å². The second-order valence-electron chi connectivity index (χ2n) is 10.6. The first-order chi connectivity index (χ1) is 21.6. The lowest BCUT2D eigenvalue weighted by atomic mass is 10.1. The SMILES string of the molecule is CCCCCCOc1ccc(-c2nc3sc(=Cc4cn(-c5ccccc5)nc4-c4ccc(OCCC)cc4)c(=O)n3n2)cc1. The van der Waals surface area contributed by atoms with Crippen molar-refractivity contribution in [2.75, 3.05) is 13.2 Å². The van der Waals surface area contributed by atoms with Crippen LogP contribution >= 0.6 is 11.3 Å². The molecule has 0 saturated heterocycles. The van der Waals surface area contributed by atoms with E-state index in [0.717, 1.165) is 52.4 Å². The molecule has 0 aliphatic rings. The first kappa shape index (κ1) is 29.3. The summed E-state index contributed by atoms with van der Waals surface area (Å²) in [5.41, 5.74) is 4.07. The number of hydrogen-bond acceptors (Lipinski definition) is 7. The summed E-state index contributed by atoms with van der Waals surface area (Å²) in [6.07, 6.45) is 9.43. The van der Waals surface area contributed by atoms with E-state index in [1.54, 1.807) is 0 Å². The average Bonchev–Trinajstić information content (AvgIpc) is 3.76. The zero-order valence-electron chi connectivity index (χ0n) is 25.0. The minimum Gasteiger partial charge on any atom is -0.494 e. The summed E-state index contributed by atoms with van der Waals surface area (Å²) >= 11 is 1.31. The Balaban J connectivity index is 1.29. The second-order valence-corrected chi connectivity index (χ2v) is 11.6. The van der Waals surface area contributed by atoms with E-state index in [1.807, 2.05) is 95.8 Å². The van der Waals surface area contributed by atoms with Crippen molar-refractivity contribution < 1.29 is 9.47 Å². The smallest absolute Gasteiger partial charge is 0.291 e. The molecule has 6 rings (SSSR count). The molecule has 6 aromatic rings. The first-order valence-electron chi connectivity index (χ1n) is 15.2. The van der Waals surface area contributed by atoms with Gasteiger partial charge in [0.2, 0.25) is 4.96 Å². The van der Waals surface area contributed by atoms with Gasteiger partial charge in [-0.15, -0.1) is 5.10 Å². The predicted molar refractivity (Wildman–Crippen MR) is 176 cm³/mol. The normalized spacial score (nSPS) is 11.8. The molecule has 0 radical (unpaired) electrons. The van der Waals surface area contributed by atoms with Gasteiger partial charge >= 0.3 is 0 Å². The van der Waals surface area contributed by atoms with Crippen LogP contribution in [0.15, 0.2) is 89.9 Å². The van der Waals surface area contributed by atoms with E-state index in [1.165, 1.54) is 35.1 Å². The topological polar surface area (TPSA) is 83.5 Å². The van der Waals surface area contributed by atoms with Crippen molar-refractivity contribution in [3.05, 3.63) is 106 Å². The number of para-hydroxylation sites is 1. The quantitative estimate of drug-likeness (QED) is 0.132. The summed E-state index contributed by atoms with van der Waals surface area (Å²) in [6, 6.07) is 25.5. The van der Waals surface area contributed by atoms with Gasteiger partial charge in [0.1, 0.15) is 17.2 Å². The molecular weight excluding hydrogens is 570 g/mol. The number of ether oxygens (including phenoxy) is 2. The van der Waals surface area contributed by atoms with Crippen molar-refractivity contribution in [2.45, 2.75) is 46.0 Å². The Bertz CT molecular complexity index is 1930. The fraction of sp³-hybridized carbons (Fsp3) is 0.257. The van der Waals surface area contributed by atoms with Crippen LogP contribution in [0.25, 0.3) is 39.4 Å². The van der Waals surface area contributed by atoms with Crippen LogP contribution in [0.4, 0.5) is 0 Å². The van der Waals surface area contributed by atoms with Crippen LogP contribution in [0.2, 0.25) is 0 Å². The van der Waals surface area contributed by atoms with Crippen LogP contribution in [-0.4, -0.2) is 37.6 Å². The molecule has 0 atom stereocenters. The van der Waals surface area contributed by atoms with Gasteiger partial charge in [0.25, 0.3) is 5.56 Å². The van der Waals surface area contributed by atoms with E-state index in [9.17, 15) is 4.79 Å². The van der Waals surface area contributed by atoms with Gasteiger partial charge in [0.15, 0.2) is 5.82 Å². The van der Waals surface area contributed by atoms with Gasteiger partial charge in [-0.1, -0.05) is 62.6 Å². The minimum atomic E-state index is -0.211. The maximum Gasteiger partial charge on any atom is 0.291 e. The van der Waals surface area contributed by atoms with E-state index < -0.39 is 0 Å². The van der Waals surface area contributed by atoms with E-state index in [2.05, 4.69) is 23.9 Å². The first-order valence-corrected chi connectivity index (χ1v) is 16.0. The zero-order valence-corrected chi connectivity index (χ0v) is 25.8. The highest BCUT2D eigenvalue weighted by Crippen LogP contribution is 2.27. The van der Waals surface area contributed by atoms with Gasteiger partial charge in [-0.25, -0.2) is 4.68 Å². The van der Waals surface area contributed by atoms with Crippen molar-refractivity contribution in [1.29, 1.82) is 0 Å². The molecule has 0 spiro atoms. The van der Waals surface area contributed by atoms with E-state index >= 15 is 0 Å². The lowest BCUT2D eigenvalue weighted by molar-refractivity contribution is 0.305. The van der Waals surface area contributed by atoms with Crippen molar-refractivity contribution >= 4 is 22.4 Å². The molecule has 8 nitrogen and oxygen atoms in total. The number of benzene rings is 3. The lowest BCUT2D eigenvalue weighted by Crippen LogP contribution is -2.23.